The van der Waals surface area contributed by atoms with Crippen LogP contribution in [0.4, 0.5) is 18.9 Å². The van der Waals surface area contributed by atoms with Gasteiger partial charge in [-0.1, -0.05) is 35.5 Å². The monoisotopic (exact) mass is 364 g/mol. The van der Waals surface area contributed by atoms with E-state index in [0.29, 0.717) is 5.69 Å². The largest absolute Gasteiger partial charge is 0.446 e. The first-order valence-electron chi connectivity index (χ1n) is 7.06. The van der Waals surface area contributed by atoms with Crippen molar-refractivity contribution >= 4 is 23.4 Å². The first-order valence-corrected chi connectivity index (χ1v) is 7.88. The third kappa shape index (κ3) is 4.38. The zero-order valence-corrected chi connectivity index (χ0v) is 13.4. The van der Waals surface area contributed by atoms with Crippen molar-refractivity contribution in [2.75, 3.05) is 5.32 Å². The fourth-order valence-corrected chi connectivity index (χ4v) is 2.67. The summed E-state index contributed by atoms with van der Waals surface area (Å²) in [5.41, 5.74) is -3.68. The molecule has 3 aromatic rings. The van der Waals surface area contributed by atoms with Gasteiger partial charge in [0, 0.05) is 4.90 Å². The molecule has 1 N–H and O–H groups in total. The second-order valence-corrected chi connectivity index (χ2v) is 5.99. The van der Waals surface area contributed by atoms with Crippen LogP contribution in [-0.2, 0) is 0 Å². The highest BCUT2D eigenvalue weighted by Gasteiger charge is 2.30. The number of thioether (sulfide) groups is 1. The maximum absolute atomic E-state index is 12.6. The number of aromatic nitrogens is 3. The molecule has 0 radical (unpaired) electrons. The Balaban J connectivity index is 1.79. The van der Waals surface area contributed by atoms with Gasteiger partial charge in [0.1, 0.15) is 0 Å². The van der Waals surface area contributed by atoms with E-state index in [2.05, 4.69) is 15.6 Å². The first kappa shape index (κ1) is 17.0. The number of rotatable bonds is 4. The topological polar surface area (TPSA) is 59.8 Å². The number of hydrogen-bond donors (Lipinski definition) is 1. The molecule has 5 nitrogen and oxygen atoms in total. The zero-order valence-electron chi connectivity index (χ0n) is 12.6. The summed E-state index contributed by atoms with van der Waals surface area (Å²) in [7, 11) is 0. The van der Waals surface area contributed by atoms with Crippen molar-refractivity contribution in [1.82, 2.24) is 15.0 Å². The van der Waals surface area contributed by atoms with Crippen molar-refractivity contribution in [3.05, 3.63) is 66.5 Å². The molecule has 0 aliphatic carbocycles. The van der Waals surface area contributed by atoms with E-state index in [4.69, 9.17) is 0 Å². The fraction of sp³-hybridized carbons (Fsp3) is 0.0625. The van der Waals surface area contributed by atoms with E-state index in [1.54, 1.807) is 24.3 Å². The van der Waals surface area contributed by atoms with Crippen LogP contribution in [0.5, 0.6) is 0 Å². The van der Waals surface area contributed by atoms with Gasteiger partial charge in [-0.15, -0.1) is 5.10 Å². The van der Waals surface area contributed by atoms with Gasteiger partial charge >= 0.3 is 5.51 Å². The Hall–Kier alpha value is -2.81. The van der Waals surface area contributed by atoms with Crippen LogP contribution in [0, 0.1) is 0 Å². The average Bonchev–Trinajstić information content (AvgIpc) is 3.06. The lowest BCUT2D eigenvalue weighted by Crippen LogP contribution is -2.13. The fourth-order valence-electron chi connectivity index (χ4n) is 2.04. The molecule has 25 heavy (non-hydrogen) atoms. The number of para-hydroxylation sites is 2. The Bertz CT molecular complexity index is 880. The molecule has 1 amide bonds. The first-order chi connectivity index (χ1) is 11.9. The molecule has 0 aliphatic rings. The second kappa shape index (κ2) is 6.98. The zero-order chi connectivity index (χ0) is 17.9. The number of anilines is 1. The molecule has 9 heteroatoms. The Morgan fingerprint density at radius 3 is 2.44 bits per heavy atom. The summed E-state index contributed by atoms with van der Waals surface area (Å²) in [6.45, 7) is 0. The maximum Gasteiger partial charge on any atom is 0.446 e. The SMILES string of the molecule is O=C(Nc1ccccc1SC(F)(F)F)c1cn(-c2ccccc2)nn1. The Kier molecular flexibility index (Phi) is 4.75. The van der Waals surface area contributed by atoms with Gasteiger partial charge in [0.05, 0.1) is 17.6 Å². The number of alkyl halides is 3. The van der Waals surface area contributed by atoms with Crippen molar-refractivity contribution in [2.24, 2.45) is 0 Å². The molecule has 0 bridgehead atoms. The van der Waals surface area contributed by atoms with Crippen LogP contribution in [0.25, 0.3) is 5.69 Å². The number of halogens is 3. The third-order valence-electron chi connectivity index (χ3n) is 3.11. The number of nitrogens with zero attached hydrogens (tertiary/aromatic N) is 3. The molecule has 0 atom stereocenters. The molecule has 3 rings (SSSR count). The molecular formula is C16H11F3N4OS. The Morgan fingerprint density at radius 2 is 1.72 bits per heavy atom. The van der Waals surface area contributed by atoms with Crippen LogP contribution in [0.15, 0.2) is 65.7 Å². The molecule has 2 aromatic carbocycles. The van der Waals surface area contributed by atoms with Crippen LogP contribution in [-0.4, -0.2) is 26.4 Å². The summed E-state index contributed by atoms with van der Waals surface area (Å²) in [5.74, 6) is -0.641. The highest BCUT2D eigenvalue weighted by molar-refractivity contribution is 8.00. The number of amides is 1. The van der Waals surface area contributed by atoms with E-state index in [1.165, 1.54) is 35.1 Å². The number of benzene rings is 2. The van der Waals surface area contributed by atoms with Gasteiger partial charge in [-0.25, -0.2) is 4.68 Å². The lowest BCUT2D eigenvalue weighted by atomic mass is 10.3. The van der Waals surface area contributed by atoms with E-state index >= 15 is 0 Å². The minimum absolute atomic E-state index is 0.00401. The summed E-state index contributed by atoms with van der Waals surface area (Å²) in [4.78, 5) is 12.2. The van der Waals surface area contributed by atoms with E-state index in [-0.39, 0.29) is 28.0 Å². The molecular weight excluding hydrogens is 353 g/mol. The quantitative estimate of drug-likeness (QED) is 0.707. The predicted molar refractivity (Wildman–Crippen MR) is 87.7 cm³/mol. The van der Waals surface area contributed by atoms with Crippen molar-refractivity contribution < 1.29 is 18.0 Å². The van der Waals surface area contributed by atoms with E-state index in [1.807, 2.05) is 6.07 Å². The number of carbonyl (C=O) groups is 1. The van der Waals surface area contributed by atoms with Crippen LogP contribution in [0.2, 0.25) is 0 Å². The summed E-state index contributed by atoms with van der Waals surface area (Å²) >= 11 is -0.289. The van der Waals surface area contributed by atoms with Gasteiger partial charge < -0.3 is 5.32 Å². The van der Waals surface area contributed by atoms with Crippen molar-refractivity contribution in [1.29, 1.82) is 0 Å². The number of carbonyl (C=O) groups excluding carboxylic acids is 1. The highest BCUT2D eigenvalue weighted by atomic mass is 32.2. The molecule has 0 spiro atoms. The van der Waals surface area contributed by atoms with E-state index < -0.39 is 11.4 Å². The Morgan fingerprint density at radius 1 is 1.04 bits per heavy atom. The van der Waals surface area contributed by atoms with Crippen molar-refractivity contribution in [2.45, 2.75) is 10.4 Å². The summed E-state index contributed by atoms with van der Waals surface area (Å²) in [5, 5.41) is 10.1. The van der Waals surface area contributed by atoms with Gasteiger partial charge in [0.15, 0.2) is 5.69 Å². The molecule has 0 saturated carbocycles. The van der Waals surface area contributed by atoms with Crippen LogP contribution in [0.3, 0.4) is 0 Å². The summed E-state index contributed by atoms with van der Waals surface area (Å²) in [6, 6.07) is 14.7. The standard InChI is InChI=1S/C16H11F3N4OS/c17-16(18,19)25-14-9-5-4-8-12(14)20-15(24)13-10-23(22-21-13)11-6-2-1-3-7-11/h1-10H,(H,20,24). The smallest absolute Gasteiger partial charge is 0.319 e. The predicted octanol–water partition coefficient (Wildman–Crippen LogP) is 4.13. The van der Waals surface area contributed by atoms with Gasteiger partial charge in [-0.05, 0) is 36.0 Å². The van der Waals surface area contributed by atoms with Gasteiger partial charge in [-0.3, -0.25) is 4.79 Å². The van der Waals surface area contributed by atoms with Crippen LogP contribution < -0.4 is 5.32 Å². The van der Waals surface area contributed by atoms with Crippen molar-refractivity contribution in [3.8, 4) is 5.69 Å². The maximum atomic E-state index is 12.6. The minimum Gasteiger partial charge on any atom is -0.319 e. The molecule has 1 heterocycles. The number of hydrogen-bond acceptors (Lipinski definition) is 4. The minimum atomic E-state index is -4.45. The Labute approximate surface area is 144 Å². The molecule has 0 unspecified atom stereocenters. The number of nitrogens with one attached hydrogen (secondary N) is 1. The average molecular weight is 364 g/mol. The summed E-state index contributed by atoms with van der Waals surface area (Å²) < 4.78 is 39.2. The molecule has 0 saturated heterocycles. The molecule has 128 valence electrons. The van der Waals surface area contributed by atoms with E-state index in [9.17, 15) is 18.0 Å². The summed E-state index contributed by atoms with van der Waals surface area (Å²) in [6.07, 6.45) is 1.41. The van der Waals surface area contributed by atoms with Gasteiger partial charge in [0.25, 0.3) is 5.91 Å². The van der Waals surface area contributed by atoms with E-state index in [0.717, 1.165) is 0 Å². The second-order valence-electron chi connectivity index (χ2n) is 4.88. The normalized spacial score (nSPS) is 11.3. The van der Waals surface area contributed by atoms with Crippen molar-refractivity contribution in [3.63, 3.8) is 0 Å². The molecule has 0 fully saturated rings. The third-order valence-corrected chi connectivity index (χ3v) is 3.92. The highest BCUT2D eigenvalue weighted by Crippen LogP contribution is 2.40. The lowest BCUT2D eigenvalue weighted by molar-refractivity contribution is -0.0328. The lowest BCUT2D eigenvalue weighted by Gasteiger charge is -2.11. The van der Waals surface area contributed by atoms with Crippen LogP contribution in [0.1, 0.15) is 10.5 Å². The molecule has 0 aliphatic heterocycles. The molecule has 1 aromatic heterocycles. The van der Waals surface area contributed by atoms with Gasteiger partial charge in [-0.2, -0.15) is 13.2 Å². The van der Waals surface area contributed by atoms with Crippen LogP contribution >= 0.6 is 11.8 Å². The van der Waals surface area contributed by atoms with Gasteiger partial charge in [0.2, 0.25) is 0 Å².